The smallest absolute Gasteiger partial charge is 0.301 e. The molecule has 8 heterocycles. The Labute approximate surface area is 478 Å². The number of H-pyrrole nitrogens is 2. The lowest BCUT2D eigenvalue weighted by atomic mass is 9.85. The fraction of sp³-hybridized carbons (Fsp3) is 0.424. The predicted octanol–water partition coefficient (Wildman–Crippen LogP) is 7.96. The van der Waals surface area contributed by atoms with Crippen molar-refractivity contribution in [3.05, 3.63) is 125 Å². The highest BCUT2D eigenvalue weighted by atomic mass is 32.2. The number of fused-ring (bicyclic) bond motifs is 1. The van der Waals surface area contributed by atoms with E-state index in [0.29, 0.717) is 34.8 Å². The van der Waals surface area contributed by atoms with Crippen LogP contribution in [0.15, 0.2) is 90.8 Å². The average Bonchev–Trinajstić information content (AvgIpc) is 4.37. The molecular formula is C59H67F3N12O6S2. The van der Waals surface area contributed by atoms with Crippen LogP contribution in [0.1, 0.15) is 79.9 Å². The first-order valence-corrected chi connectivity index (χ1v) is 30.1. The summed E-state index contributed by atoms with van der Waals surface area (Å²) in [6.45, 7) is 13.6. The Balaban J connectivity index is 0.647. The lowest BCUT2D eigenvalue weighted by molar-refractivity contribution is -0.141. The normalized spacial score (nSPS) is 20.2. The Morgan fingerprint density at radius 1 is 0.841 bits per heavy atom. The van der Waals surface area contributed by atoms with Crippen LogP contribution < -0.4 is 14.9 Å². The number of benzene rings is 3. The number of aliphatic hydroxyl groups excluding tert-OH is 1. The molecule has 2 amide bonds. The molecule has 432 valence electrons. The molecule has 4 aromatic heterocycles. The van der Waals surface area contributed by atoms with Crippen molar-refractivity contribution in [2.24, 2.45) is 11.3 Å². The quantitative estimate of drug-likeness (QED) is 0.0583. The number of aromatic amines is 2. The van der Waals surface area contributed by atoms with E-state index in [0.717, 1.165) is 114 Å². The largest absolute Gasteiger partial charge is 0.391 e. The zero-order valence-electron chi connectivity index (χ0n) is 46.2. The van der Waals surface area contributed by atoms with Gasteiger partial charge in [-0.05, 0) is 97.6 Å². The van der Waals surface area contributed by atoms with E-state index < -0.39 is 75.2 Å². The van der Waals surface area contributed by atoms with Gasteiger partial charge >= 0.3 is 10.2 Å². The number of carbonyl (C=O) groups is 3. The number of thiazole rings is 1. The summed E-state index contributed by atoms with van der Waals surface area (Å²) in [5.41, 5.74) is 6.29. The summed E-state index contributed by atoms with van der Waals surface area (Å²) in [6.07, 6.45) is 4.87. The third-order valence-electron chi connectivity index (χ3n) is 16.4. The minimum absolute atomic E-state index is 0.00240. The molecule has 23 heteroatoms. The molecule has 0 bridgehead atoms. The highest BCUT2D eigenvalue weighted by Crippen LogP contribution is 2.37. The summed E-state index contributed by atoms with van der Waals surface area (Å²) >= 11 is 1.60. The number of nitrogens with one attached hydrogen (secondary N) is 4. The number of hydrogen-bond acceptors (Lipinski definition) is 13. The second-order valence-electron chi connectivity index (χ2n) is 23.1. The highest BCUT2D eigenvalue weighted by molar-refractivity contribution is 7.90. The van der Waals surface area contributed by atoms with Gasteiger partial charge < -0.3 is 30.2 Å². The zero-order chi connectivity index (χ0) is 57.6. The monoisotopic (exact) mass is 1160 g/mol. The van der Waals surface area contributed by atoms with Gasteiger partial charge in [-0.15, -0.1) is 11.3 Å². The number of rotatable bonds is 16. The zero-order valence-corrected chi connectivity index (χ0v) is 47.8. The van der Waals surface area contributed by atoms with Gasteiger partial charge in [-0.2, -0.15) is 12.7 Å². The van der Waals surface area contributed by atoms with Crippen molar-refractivity contribution in [3.8, 4) is 32.8 Å². The third kappa shape index (κ3) is 12.1. The fourth-order valence-corrected chi connectivity index (χ4v) is 13.8. The number of anilines is 2. The maximum absolute atomic E-state index is 15.8. The first-order chi connectivity index (χ1) is 39.3. The molecule has 5 N–H and O–H groups in total. The molecule has 82 heavy (non-hydrogen) atoms. The van der Waals surface area contributed by atoms with Crippen LogP contribution in [0.5, 0.6) is 0 Å². The van der Waals surface area contributed by atoms with Gasteiger partial charge in [0.1, 0.15) is 29.5 Å². The summed E-state index contributed by atoms with van der Waals surface area (Å²) in [5.74, 6) is -2.95. The van der Waals surface area contributed by atoms with Crippen LogP contribution in [0.25, 0.3) is 43.9 Å². The number of likely N-dealkylation sites (tertiary alicyclic amines) is 2. The van der Waals surface area contributed by atoms with Crippen LogP contribution in [0.4, 0.5) is 24.5 Å². The van der Waals surface area contributed by atoms with Gasteiger partial charge in [0.15, 0.2) is 5.82 Å². The molecule has 0 unspecified atom stereocenters. The Morgan fingerprint density at radius 3 is 2.24 bits per heavy atom. The van der Waals surface area contributed by atoms with Crippen LogP contribution in [0.2, 0.25) is 0 Å². The lowest BCUT2D eigenvalue weighted by Gasteiger charge is -2.40. The molecule has 11 rings (SSSR count). The summed E-state index contributed by atoms with van der Waals surface area (Å²) < 4.78 is 73.5. The van der Waals surface area contributed by atoms with E-state index in [4.69, 9.17) is 0 Å². The molecule has 4 aliphatic rings. The average molecular weight is 1160 g/mol. The van der Waals surface area contributed by atoms with Crippen LogP contribution in [0.3, 0.4) is 0 Å². The van der Waals surface area contributed by atoms with Crippen molar-refractivity contribution in [2.75, 3.05) is 81.6 Å². The summed E-state index contributed by atoms with van der Waals surface area (Å²) in [7, 11) is -4.37. The molecule has 0 saturated carbocycles. The van der Waals surface area contributed by atoms with Gasteiger partial charge in [-0.25, -0.2) is 28.1 Å². The minimum Gasteiger partial charge on any atom is -0.391 e. The van der Waals surface area contributed by atoms with E-state index in [1.54, 1.807) is 34.7 Å². The number of aliphatic hydroxyl groups is 1. The molecule has 7 aromatic rings. The third-order valence-corrected chi connectivity index (χ3v) is 18.9. The number of piperidine rings is 1. The molecule has 18 nitrogen and oxygen atoms in total. The standard InChI is InChI=1S/C59H67F3N12O6S2/c1-35-54(81-34-66-35)39-7-5-38(6-8-39)48-29-65-57(67-48)49-26-43(75)32-74(49)58(78)55(59(2,3)4)68-50(76)33-70-18-15-36(16-19-70)30-71-21-23-72(24-22-71)42-11-9-37(10-12-42)40-25-44-45(28-64-56(44)63-27-40)53(77)51-46(61)13-14-47(52(51)62)69-82(79,80)73-20-17-41(60)31-73/h5-14,25,27-29,34,36,41,43,49,55,69,75H,15-24,26,30-33H2,1-4H3,(H,63,64)(H,65,67)(H,68,76)/t41-,43-,49+,55-/m1/s1. The Bertz CT molecular complexity index is 3590. The molecule has 4 saturated heterocycles. The maximum atomic E-state index is 15.8. The number of imidazole rings is 1. The molecule has 4 fully saturated rings. The molecule has 4 atom stereocenters. The van der Waals surface area contributed by atoms with Crippen LogP contribution in [-0.2, 0) is 19.8 Å². The van der Waals surface area contributed by atoms with Crippen molar-refractivity contribution < 1.29 is 41.1 Å². The fourth-order valence-electron chi connectivity index (χ4n) is 11.8. The summed E-state index contributed by atoms with van der Waals surface area (Å²) in [4.78, 5) is 71.7. The van der Waals surface area contributed by atoms with Gasteiger partial charge in [0.2, 0.25) is 17.6 Å². The molecule has 0 aliphatic carbocycles. The number of carbonyl (C=O) groups excluding carboxylic acids is 3. The van der Waals surface area contributed by atoms with Gasteiger partial charge in [0.25, 0.3) is 0 Å². The molecule has 0 radical (unpaired) electrons. The molecule has 3 aromatic carbocycles. The van der Waals surface area contributed by atoms with Crippen molar-refractivity contribution in [1.82, 2.24) is 49.2 Å². The number of ketones is 1. The lowest BCUT2D eigenvalue weighted by Crippen LogP contribution is -2.56. The maximum Gasteiger partial charge on any atom is 0.301 e. The first-order valence-electron chi connectivity index (χ1n) is 27.8. The second-order valence-corrected chi connectivity index (χ2v) is 25.7. The van der Waals surface area contributed by atoms with Crippen LogP contribution >= 0.6 is 11.3 Å². The number of piperazine rings is 1. The minimum atomic E-state index is -4.37. The van der Waals surface area contributed by atoms with Crippen molar-refractivity contribution >= 4 is 61.6 Å². The van der Waals surface area contributed by atoms with Crippen LogP contribution in [0, 0.1) is 29.9 Å². The SMILES string of the molecule is Cc1ncsc1-c1ccc(-c2cnc([C@@H]3C[C@@H](O)CN3C(=O)[C@@H](NC(=O)CN3CCC(CN4CCN(c5ccc(-c6cnc7[nH]cc(C(=O)c8c(F)ccc(NS(=O)(=O)N9CC[C@@H](F)C9)c8F)c7c6)cc5)CC4)CC3)C(C)(C)C)[nH]2)cc1. The number of nitrogens with zero attached hydrogens (tertiary/aromatic N) is 8. The number of β-amino-alcohol motifs (C(OH)–C–C–N with tert-alkyl or cyclic N) is 1. The number of alkyl halides is 1. The first kappa shape index (κ1) is 56.8. The predicted molar refractivity (Wildman–Crippen MR) is 309 cm³/mol. The van der Waals surface area contributed by atoms with E-state index in [9.17, 15) is 32.3 Å². The number of aryl methyl sites for hydroxylation is 1. The molecule has 4 aliphatic heterocycles. The topological polar surface area (TPSA) is 216 Å². The molecular weight excluding hydrogens is 1090 g/mol. The van der Waals surface area contributed by atoms with Crippen molar-refractivity contribution in [1.29, 1.82) is 0 Å². The van der Waals surface area contributed by atoms with Crippen molar-refractivity contribution in [3.63, 3.8) is 0 Å². The Kier molecular flexibility index (Phi) is 16.2. The number of hydrogen-bond donors (Lipinski definition) is 5. The van der Waals surface area contributed by atoms with E-state index in [1.165, 1.54) is 6.20 Å². The van der Waals surface area contributed by atoms with Crippen molar-refractivity contribution in [2.45, 2.75) is 77.7 Å². The van der Waals surface area contributed by atoms with Gasteiger partial charge in [-0.1, -0.05) is 57.2 Å². The van der Waals surface area contributed by atoms with Crippen LogP contribution in [-0.4, -0.2) is 165 Å². The number of halogens is 3. The summed E-state index contributed by atoms with van der Waals surface area (Å²) in [5, 5.41) is 14.3. The van der Waals surface area contributed by atoms with E-state index in [1.807, 2.05) is 74.3 Å². The van der Waals surface area contributed by atoms with Gasteiger partial charge in [-0.3, -0.25) is 28.9 Å². The number of pyridine rings is 1. The summed E-state index contributed by atoms with van der Waals surface area (Å²) in [6, 6.07) is 18.3. The van der Waals surface area contributed by atoms with E-state index in [2.05, 4.69) is 57.1 Å². The van der Waals surface area contributed by atoms with Gasteiger partial charge in [0.05, 0.1) is 57.9 Å². The van der Waals surface area contributed by atoms with E-state index >= 15 is 8.78 Å². The highest BCUT2D eigenvalue weighted by Gasteiger charge is 2.44. The number of amides is 2. The van der Waals surface area contributed by atoms with E-state index in [-0.39, 0.29) is 43.4 Å². The second kappa shape index (κ2) is 23.3. The molecule has 0 spiro atoms. The number of aromatic nitrogens is 5. The Hall–Kier alpha value is -7.02. The Morgan fingerprint density at radius 2 is 1.56 bits per heavy atom. The van der Waals surface area contributed by atoms with Gasteiger partial charge in [0, 0.05) is 93.4 Å².